The first-order chi connectivity index (χ1) is 3.88. The van der Waals surface area contributed by atoms with Gasteiger partial charge in [0.1, 0.15) is 0 Å². The normalized spacial score (nSPS) is 40.9. The molecule has 0 heterocycles. The summed E-state index contributed by atoms with van der Waals surface area (Å²) in [6.07, 6.45) is 8.28. The molecule has 0 nitrogen and oxygen atoms in total. The number of rotatable bonds is 0. The summed E-state index contributed by atoms with van der Waals surface area (Å²) in [5.41, 5.74) is 1.58. The molecule has 0 heteroatoms. The molecule has 2 aliphatic rings. The van der Waals surface area contributed by atoms with Crippen molar-refractivity contribution in [3.8, 4) is 0 Å². The van der Waals surface area contributed by atoms with E-state index in [9.17, 15) is 0 Å². The van der Waals surface area contributed by atoms with Crippen LogP contribution in [-0.4, -0.2) is 0 Å². The Morgan fingerprint density at radius 3 is 2.62 bits per heavy atom. The third kappa shape index (κ3) is 0.360. The van der Waals surface area contributed by atoms with Gasteiger partial charge < -0.3 is 0 Å². The zero-order valence-corrected chi connectivity index (χ0v) is 5.09. The number of hydrogen-bond acceptors (Lipinski definition) is 0. The van der Waals surface area contributed by atoms with Crippen LogP contribution in [0.4, 0.5) is 0 Å². The van der Waals surface area contributed by atoms with Crippen molar-refractivity contribution < 1.29 is 0 Å². The second kappa shape index (κ2) is 1.25. The van der Waals surface area contributed by atoms with Crippen molar-refractivity contribution in [2.75, 3.05) is 0 Å². The van der Waals surface area contributed by atoms with Crippen molar-refractivity contribution in [3.05, 3.63) is 23.8 Å². The third-order valence-electron chi connectivity index (χ3n) is 2.26. The highest BCUT2D eigenvalue weighted by atomic mass is 14.3. The molecule has 0 aromatic carbocycles. The second-order valence-corrected chi connectivity index (χ2v) is 2.76. The Labute approximate surface area is 49.9 Å². The lowest BCUT2D eigenvalue weighted by Crippen LogP contribution is -2.13. The molecule has 0 spiro atoms. The fourth-order valence-electron chi connectivity index (χ4n) is 1.55. The maximum Gasteiger partial charge on any atom is 0.00399 e. The average Bonchev–Trinajstić information content (AvgIpc) is 1.80. The first-order valence-corrected chi connectivity index (χ1v) is 3.23. The van der Waals surface area contributed by atoms with Crippen LogP contribution in [0.15, 0.2) is 23.8 Å². The van der Waals surface area contributed by atoms with E-state index in [1.54, 1.807) is 5.57 Å². The van der Waals surface area contributed by atoms with Crippen molar-refractivity contribution in [2.45, 2.75) is 13.3 Å². The van der Waals surface area contributed by atoms with E-state index < -0.39 is 0 Å². The number of allylic oxidation sites excluding steroid dienone is 4. The van der Waals surface area contributed by atoms with E-state index >= 15 is 0 Å². The van der Waals surface area contributed by atoms with Gasteiger partial charge >= 0.3 is 0 Å². The van der Waals surface area contributed by atoms with E-state index in [1.807, 2.05) is 0 Å². The molecule has 2 rings (SSSR count). The van der Waals surface area contributed by atoms with Crippen LogP contribution in [0.25, 0.3) is 0 Å². The van der Waals surface area contributed by atoms with E-state index in [4.69, 9.17) is 0 Å². The maximum atomic E-state index is 2.36. The monoisotopic (exact) mass is 106 g/mol. The molecule has 42 valence electrons. The van der Waals surface area contributed by atoms with Crippen LogP contribution in [0.1, 0.15) is 13.3 Å². The largest absolute Gasteiger partial charge is 0.0844 e. The van der Waals surface area contributed by atoms with Gasteiger partial charge in [0.25, 0.3) is 0 Å². The minimum absolute atomic E-state index is 0.843. The highest BCUT2D eigenvalue weighted by Gasteiger charge is 2.28. The van der Waals surface area contributed by atoms with Gasteiger partial charge in [0.2, 0.25) is 0 Å². The minimum Gasteiger partial charge on any atom is -0.0844 e. The second-order valence-electron chi connectivity index (χ2n) is 2.76. The Morgan fingerprint density at radius 1 is 1.50 bits per heavy atom. The van der Waals surface area contributed by atoms with Crippen LogP contribution >= 0.6 is 0 Å². The molecule has 0 aromatic rings. The number of hydrogen-bond donors (Lipinski definition) is 0. The molecule has 2 aliphatic carbocycles. The summed E-state index contributed by atoms with van der Waals surface area (Å²) in [5.74, 6) is 1.74. The average molecular weight is 106 g/mol. The zero-order chi connectivity index (χ0) is 5.56. The van der Waals surface area contributed by atoms with Crippen molar-refractivity contribution in [1.29, 1.82) is 0 Å². The first-order valence-electron chi connectivity index (χ1n) is 3.23. The van der Waals surface area contributed by atoms with Crippen LogP contribution in [0.5, 0.6) is 0 Å². The van der Waals surface area contributed by atoms with Crippen LogP contribution in [0, 0.1) is 11.8 Å². The quantitative estimate of drug-likeness (QED) is 0.415. The fraction of sp³-hybridized carbons (Fsp3) is 0.500. The molecule has 0 saturated heterocycles. The van der Waals surface area contributed by atoms with E-state index in [2.05, 4.69) is 25.2 Å². The molecular weight excluding hydrogens is 96.1 g/mol. The van der Waals surface area contributed by atoms with Gasteiger partial charge in [0, 0.05) is 5.92 Å². The van der Waals surface area contributed by atoms with Gasteiger partial charge in [-0.2, -0.15) is 0 Å². The molecular formula is C8H10. The standard InChI is InChI=1S/C8H10/c1-6-2-3-7-4-5-8(6)7/h2,4-5,7-8H,3H2,1H3. The van der Waals surface area contributed by atoms with Crippen molar-refractivity contribution in [1.82, 2.24) is 0 Å². The van der Waals surface area contributed by atoms with E-state index in [0.29, 0.717) is 0 Å². The van der Waals surface area contributed by atoms with Gasteiger partial charge in [-0.1, -0.05) is 23.8 Å². The summed E-state index contributed by atoms with van der Waals surface area (Å²) in [6.45, 7) is 2.23. The zero-order valence-electron chi connectivity index (χ0n) is 5.09. The lowest BCUT2D eigenvalue weighted by molar-refractivity contribution is 0.527. The molecule has 0 saturated carbocycles. The summed E-state index contributed by atoms with van der Waals surface area (Å²) in [7, 11) is 0. The lowest BCUT2D eigenvalue weighted by Gasteiger charge is -2.22. The summed E-state index contributed by atoms with van der Waals surface area (Å²) in [4.78, 5) is 0. The topological polar surface area (TPSA) is 0 Å². The van der Waals surface area contributed by atoms with Crippen LogP contribution in [0.3, 0.4) is 0 Å². The predicted octanol–water partition coefficient (Wildman–Crippen LogP) is 2.14. The van der Waals surface area contributed by atoms with E-state index in [0.717, 1.165) is 11.8 Å². The molecule has 0 fully saturated rings. The Bertz CT molecular complexity index is 163. The van der Waals surface area contributed by atoms with Crippen LogP contribution in [0.2, 0.25) is 0 Å². The molecule has 0 aromatic heterocycles. The van der Waals surface area contributed by atoms with Crippen LogP contribution in [-0.2, 0) is 0 Å². The summed E-state index contributed by atoms with van der Waals surface area (Å²) in [6, 6.07) is 0. The van der Waals surface area contributed by atoms with E-state index in [1.165, 1.54) is 6.42 Å². The molecule has 0 N–H and O–H groups in total. The molecule has 0 amide bonds. The number of fused-ring (bicyclic) bond motifs is 1. The Hall–Kier alpha value is -0.520. The summed E-state index contributed by atoms with van der Waals surface area (Å²) in [5, 5.41) is 0. The molecule has 0 bridgehead atoms. The Balaban J connectivity index is 2.28. The van der Waals surface area contributed by atoms with Gasteiger partial charge in [-0.15, -0.1) is 0 Å². The minimum atomic E-state index is 0.843. The van der Waals surface area contributed by atoms with Gasteiger partial charge in [0.15, 0.2) is 0 Å². The predicted molar refractivity (Wildman–Crippen MR) is 34.5 cm³/mol. The van der Waals surface area contributed by atoms with Crippen molar-refractivity contribution >= 4 is 0 Å². The molecule has 2 unspecified atom stereocenters. The molecule has 2 atom stereocenters. The molecule has 0 aliphatic heterocycles. The Kier molecular flexibility index (Phi) is 0.682. The summed E-state index contributed by atoms with van der Waals surface area (Å²) < 4.78 is 0. The van der Waals surface area contributed by atoms with Crippen molar-refractivity contribution in [3.63, 3.8) is 0 Å². The smallest absolute Gasteiger partial charge is 0.00399 e. The summed E-state index contributed by atoms with van der Waals surface area (Å²) >= 11 is 0. The lowest BCUT2D eigenvalue weighted by atomic mass is 9.82. The van der Waals surface area contributed by atoms with E-state index in [-0.39, 0.29) is 0 Å². The fourth-order valence-corrected chi connectivity index (χ4v) is 1.55. The van der Waals surface area contributed by atoms with Gasteiger partial charge in [0.05, 0.1) is 0 Å². The highest BCUT2D eigenvalue weighted by Crippen LogP contribution is 2.39. The maximum absolute atomic E-state index is 2.36. The third-order valence-corrected chi connectivity index (χ3v) is 2.26. The first kappa shape index (κ1) is 4.37. The van der Waals surface area contributed by atoms with Crippen LogP contribution < -0.4 is 0 Å². The van der Waals surface area contributed by atoms with Crippen molar-refractivity contribution in [2.24, 2.45) is 11.8 Å². The molecule has 0 radical (unpaired) electrons. The van der Waals surface area contributed by atoms with Gasteiger partial charge in [-0.25, -0.2) is 0 Å². The highest BCUT2D eigenvalue weighted by molar-refractivity contribution is 5.29. The van der Waals surface area contributed by atoms with Gasteiger partial charge in [-0.05, 0) is 19.3 Å². The Morgan fingerprint density at radius 2 is 2.38 bits per heavy atom. The SMILES string of the molecule is CC1=CCC2C=CC12. The molecule has 8 heavy (non-hydrogen) atoms. The van der Waals surface area contributed by atoms with Gasteiger partial charge in [-0.3, -0.25) is 0 Å².